The number of aromatic nitrogens is 2. The summed E-state index contributed by atoms with van der Waals surface area (Å²) in [6.07, 6.45) is 0. The predicted octanol–water partition coefficient (Wildman–Crippen LogP) is 8.49. The lowest BCUT2D eigenvalue weighted by Gasteiger charge is -2.13. The van der Waals surface area contributed by atoms with E-state index in [1.807, 2.05) is 24.3 Å². The molecule has 2 N–H and O–H groups in total. The fourth-order valence-electron chi connectivity index (χ4n) is 5.23. The van der Waals surface area contributed by atoms with Gasteiger partial charge in [-0.05, 0) is 29.7 Å². The topological polar surface area (TPSA) is 50.0 Å². The monoisotopic (exact) mass is 484 g/mol. The summed E-state index contributed by atoms with van der Waals surface area (Å²) in [6, 6.07) is 35.5. The Morgan fingerprint density at radius 1 is 0.568 bits per heavy atom. The van der Waals surface area contributed by atoms with Crippen molar-refractivity contribution in [3.05, 3.63) is 109 Å². The second-order valence-corrected chi connectivity index (χ2v) is 9.10. The van der Waals surface area contributed by atoms with Gasteiger partial charge in [-0.1, -0.05) is 91.0 Å². The van der Waals surface area contributed by atoms with Crippen LogP contribution >= 0.6 is 0 Å². The summed E-state index contributed by atoms with van der Waals surface area (Å²) in [5.41, 5.74) is 10.7. The highest BCUT2D eigenvalue weighted by Gasteiger charge is 2.25. The quantitative estimate of drug-likeness (QED) is 0.249. The van der Waals surface area contributed by atoms with Gasteiger partial charge in [0.05, 0.1) is 42.1 Å². The number of hydrogen-bond acceptors (Lipinski definition) is 2. The van der Waals surface area contributed by atoms with Crippen molar-refractivity contribution in [3.63, 3.8) is 0 Å². The fraction of sp³-hybridized carbons (Fsp3) is 0.0909. The van der Waals surface area contributed by atoms with E-state index in [-0.39, 0.29) is 0 Å². The highest BCUT2D eigenvalue weighted by molar-refractivity contribution is 6.13. The highest BCUT2D eigenvalue weighted by Crippen LogP contribution is 2.49. The van der Waals surface area contributed by atoms with Crippen LogP contribution in [0.1, 0.15) is 5.69 Å². The van der Waals surface area contributed by atoms with Crippen molar-refractivity contribution in [2.75, 3.05) is 14.2 Å². The SMILES string of the molecule is COc1cc(OC)c2c(-c3ccccc3)c(-c3ccccc3)[nH]c2c1-c1cc(-c2ccccc2)c(C)[nH]1. The molecule has 4 nitrogen and oxygen atoms in total. The summed E-state index contributed by atoms with van der Waals surface area (Å²) < 4.78 is 11.9. The molecule has 0 fully saturated rings. The first-order valence-electron chi connectivity index (χ1n) is 12.4. The summed E-state index contributed by atoms with van der Waals surface area (Å²) in [5.74, 6) is 1.50. The Balaban J connectivity index is 1.70. The molecule has 0 aliphatic heterocycles. The maximum atomic E-state index is 5.96. The maximum Gasteiger partial charge on any atom is 0.134 e. The van der Waals surface area contributed by atoms with Crippen molar-refractivity contribution in [2.24, 2.45) is 0 Å². The van der Waals surface area contributed by atoms with Crippen molar-refractivity contribution >= 4 is 10.9 Å². The number of aryl methyl sites for hydroxylation is 1. The predicted molar refractivity (Wildman–Crippen MR) is 152 cm³/mol. The number of ether oxygens (including phenoxy) is 2. The number of H-pyrrole nitrogens is 2. The third-order valence-corrected chi connectivity index (χ3v) is 6.94. The molecule has 2 heterocycles. The van der Waals surface area contributed by atoms with Gasteiger partial charge >= 0.3 is 0 Å². The Hall–Kier alpha value is -4.70. The minimum absolute atomic E-state index is 0.741. The zero-order valence-corrected chi connectivity index (χ0v) is 21.1. The van der Waals surface area contributed by atoms with Crippen molar-refractivity contribution < 1.29 is 9.47 Å². The fourth-order valence-corrected chi connectivity index (χ4v) is 5.23. The van der Waals surface area contributed by atoms with Gasteiger partial charge in [0.1, 0.15) is 11.5 Å². The Morgan fingerprint density at radius 3 is 1.73 bits per heavy atom. The van der Waals surface area contributed by atoms with Crippen LogP contribution in [-0.2, 0) is 0 Å². The molecular formula is C33H28N2O2. The lowest BCUT2D eigenvalue weighted by molar-refractivity contribution is 0.399. The van der Waals surface area contributed by atoms with E-state index in [0.717, 1.165) is 61.7 Å². The van der Waals surface area contributed by atoms with Crippen molar-refractivity contribution in [1.29, 1.82) is 0 Å². The summed E-state index contributed by atoms with van der Waals surface area (Å²) in [6.45, 7) is 2.11. The van der Waals surface area contributed by atoms with Gasteiger partial charge in [-0.2, -0.15) is 0 Å². The Labute approximate surface area is 216 Å². The van der Waals surface area contributed by atoms with E-state index < -0.39 is 0 Å². The normalized spacial score (nSPS) is 11.1. The highest BCUT2D eigenvalue weighted by atomic mass is 16.5. The smallest absolute Gasteiger partial charge is 0.134 e. The lowest BCUT2D eigenvalue weighted by Crippen LogP contribution is -1.93. The molecule has 0 saturated heterocycles. The second kappa shape index (κ2) is 9.40. The van der Waals surface area contributed by atoms with Crippen LogP contribution < -0.4 is 9.47 Å². The Kier molecular flexibility index (Phi) is 5.78. The third-order valence-electron chi connectivity index (χ3n) is 6.94. The number of methoxy groups -OCH3 is 2. The van der Waals surface area contributed by atoms with Crippen LogP contribution in [0.15, 0.2) is 103 Å². The molecule has 6 aromatic rings. The molecule has 6 rings (SSSR count). The minimum atomic E-state index is 0.741. The van der Waals surface area contributed by atoms with Gasteiger partial charge in [-0.15, -0.1) is 0 Å². The molecule has 4 aromatic carbocycles. The first-order chi connectivity index (χ1) is 18.2. The standard InChI is InChI=1S/C33H28N2O2/c1-21-25(22-13-7-4-8-14-22)19-26(34-21)30-27(36-2)20-28(37-3)31-29(23-15-9-5-10-16-23)32(35-33(30)31)24-17-11-6-12-18-24/h4-20,34-35H,1-3H3. The van der Waals surface area contributed by atoms with Gasteiger partial charge < -0.3 is 19.4 Å². The zero-order valence-electron chi connectivity index (χ0n) is 21.1. The van der Waals surface area contributed by atoms with Crippen LogP contribution in [0.4, 0.5) is 0 Å². The van der Waals surface area contributed by atoms with Crippen molar-refractivity contribution in [1.82, 2.24) is 9.97 Å². The van der Waals surface area contributed by atoms with Crippen LogP contribution in [0.5, 0.6) is 11.5 Å². The number of aromatic amines is 2. The Morgan fingerprint density at radius 2 is 1.14 bits per heavy atom. The van der Waals surface area contributed by atoms with E-state index >= 15 is 0 Å². The molecule has 0 amide bonds. The van der Waals surface area contributed by atoms with Crippen LogP contribution in [-0.4, -0.2) is 24.2 Å². The number of nitrogens with one attached hydrogen (secondary N) is 2. The number of hydrogen-bond donors (Lipinski definition) is 2. The summed E-state index contributed by atoms with van der Waals surface area (Å²) >= 11 is 0. The molecule has 0 aliphatic carbocycles. The molecule has 0 atom stereocenters. The molecule has 0 aliphatic rings. The summed E-state index contributed by atoms with van der Waals surface area (Å²) in [7, 11) is 3.42. The van der Waals surface area contributed by atoms with E-state index in [9.17, 15) is 0 Å². The van der Waals surface area contributed by atoms with E-state index in [1.54, 1.807) is 14.2 Å². The summed E-state index contributed by atoms with van der Waals surface area (Å²) in [5, 5.41) is 1.02. The molecule has 0 unspecified atom stereocenters. The maximum absolute atomic E-state index is 5.96. The molecule has 0 bridgehead atoms. The molecule has 0 spiro atoms. The van der Waals surface area contributed by atoms with Crippen molar-refractivity contribution in [2.45, 2.75) is 6.92 Å². The molecular weight excluding hydrogens is 456 g/mol. The van der Waals surface area contributed by atoms with Gasteiger partial charge in [-0.3, -0.25) is 0 Å². The van der Waals surface area contributed by atoms with E-state index in [0.29, 0.717) is 0 Å². The first-order valence-corrected chi connectivity index (χ1v) is 12.4. The molecule has 182 valence electrons. The first kappa shape index (κ1) is 22.7. The van der Waals surface area contributed by atoms with E-state index in [4.69, 9.17) is 9.47 Å². The molecule has 0 radical (unpaired) electrons. The van der Waals surface area contributed by atoms with Crippen molar-refractivity contribution in [3.8, 4) is 56.3 Å². The van der Waals surface area contributed by atoms with Gasteiger partial charge in [0.2, 0.25) is 0 Å². The molecule has 37 heavy (non-hydrogen) atoms. The zero-order chi connectivity index (χ0) is 25.4. The van der Waals surface area contributed by atoms with Gasteiger partial charge in [-0.25, -0.2) is 0 Å². The van der Waals surface area contributed by atoms with Gasteiger partial charge in [0, 0.05) is 22.9 Å². The number of rotatable bonds is 6. The van der Waals surface area contributed by atoms with E-state index in [2.05, 4.69) is 95.8 Å². The van der Waals surface area contributed by atoms with Crippen LogP contribution in [0, 0.1) is 6.92 Å². The van der Waals surface area contributed by atoms with E-state index in [1.165, 1.54) is 11.1 Å². The average molecular weight is 485 g/mol. The Bertz CT molecular complexity index is 1680. The summed E-state index contributed by atoms with van der Waals surface area (Å²) in [4.78, 5) is 7.42. The van der Waals surface area contributed by atoms with Gasteiger partial charge in [0.25, 0.3) is 0 Å². The minimum Gasteiger partial charge on any atom is -0.496 e. The van der Waals surface area contributed by atoms with Crippen LogP contribution in [0.3, 0.4) is 0 Å². The number of benzene rings is 4. The van der Waals surface area contributed by atoms with Crippen LogP contribution in [0.25, 0.3) is 55.7 Å². The molecule has 4 heteroatoms. The molecule has 0 saturated carbocycles. The largest absolute Gasteiger partial charge is 0.496 e. The lowest BCUT2D eigenvalue weighted by atomic mass is 9.96. The molecule has 2 aromatic heterocycles. The average Bonchev–Trinajstić information content (AvgIpc) is 3.54. The second-order valence-electron chi connectivity index (χ2n) is 9.10. The number of fused-ring (bicyclic) bond motifs is 1. The third kappa shape index (κ3) is 3.87. The van der Waals surface area contributed by atoms with Gasteiger partial charge in [0.15, 0.2) is 0 Å². The van der Waals surface area contributed by atoms with Crippen LogP contribution in [0.2, 0.25) is 0 Å².